The fraction of sp³-hybridized carbons (Fsp3) is 0.219. The molecule has 0 aliphatic carbocycles. The SMILES string of the molecule is CNC(=O)c1ccc(-n2c(N[C@H](C)c3ccc(C#N)cc3)nc3c(c2=O)C[C@@H](C)N(C(=O)c2ccc(Cl)c(Cl)c2)C3)cc1. The topological polar surface area (TPSA) is 120 Å². The van der Waals surface area contributed by atoms with E-state index in [2.05, 4.69) is 16.7 Å². The second-order valence-electron chi connectivity index (χ2n) is 10.3. The molecule has 3 aromatic carbocycles. The van der Waals surface area contributed by atoms with E-state index in [9.17, 15) is 19.6 Å². The smallest absolute Gasteiger partial charge is 0.263 e. The van der Waals surface area contributed by atoms with E-state index in [-0.39, 0.29) is 47.0 Å². The Bertz CT molecular complexity index is 1810. The van der Waals surface area contributed by atoms with Gasteiger partial charge in [-0.25, -0.2) is 9.55 Å². The summed E-state index contributed by atoms with van der Waals surface area (Å²) in [5.41, 5.74) is 3.54. The molecule has 1 aromatic heterocycles. The van der Waals surface area contributed by atoms with Crippen molar-refractivity contribution in [3.8, 4) is 11.8 Å². The van der Waals surface area contributed by atoms with Gasteiger partial charge in [0.15, 0.2) is 0 Å². The summed E-state index contributed by atoms with van der Waals surface area (Å²) in [5.74, 6) is -0.200. The largest absolute Gasteiger partial charge is 0.355 e. The molecule has 9 nitrogen and oxygen atoms in total. The molecule has 2 amide bonds. The van der Waals surface area contributed by atoms with Gasteiger partial charge in [-0.2, -0.15) is 5.26 Å². The van der Waals surface area contributed by atoms with E-state index in [1.54, 1.807) is 60.5 Å². The molecule has 4 aromatic rings. The van der Waals surface area contributed by atoms with Crippen LogP contribution in [0.5, 0.6) is 0 Å². The molecule has 1 aliphatic heterocycles. The van der Waals surface area contributed by atoms with Gasteiger partial charge >= 0.3 is 0 Å². The molecule has 5 rings (SSSR count). The van der Waals surface area contributed by atoms with Crippen molar-refractivity contribution in [3.05, 3.63) is 121 Å². The molecule has 0 bridgehead atoms. The van der Waals surface area contributed by atoms with Crippen LogP contribution < -0.4 is 16.2 Å². The maximum atomic E-state index is 14.1. The lowest BCUT2D eigenvalue weighted by atomic mass is 9.98. The summed E-state index contributed by atoms with van der Waals surface area (Å²) in [6.45, 7) is 3.94. The van der Waals surface area contributed by atoms with Gasteiger partial charge in [0.1, 0.15) is 0 Å². The first kappa shape index (κ1) is 29.8. The Labute approximate surface area is 258 Å². The predicted octanol–water partition coefficient (Wildman–Crippen LogP) is 5.53. The number of nitrogens with one attached hydrogen (secondary N) is 2. The predicted molar refractivity (Wildman–Crippen MR) is 166 cm³/mol. The van der Waals surface area contributed by atoms with Crippen molar-refractivity contribution in [2.24, 2.45) is 0 Å². The van der Waals surface area contributed by atoms with E-state index in [0.29, 0.717) is 45.1 Å². The van der Waals surface area contributed by atoms with Gasteiger partial charge in [-0.1, -0.05) is 35.3 Å². The number of hydrogen-bond donors (Lipinski definition) is 2. The lowest BCUT2D eigenvalue weighted by molar-refractivity contribution is 0.0653. The third kappa shape index (κ3) is 5.98. The van der Waals surface area contributed by atoms with Gasteiger partial charge in [0.25, 0.3) is 17.4 Å². The first-order valence-electron chi connectivity index (χ1n) is 13.6. The van der Waals surface area contributed by atoms with Crippen molar-refractivity contribution >= 4 is 41.0 Å². The second-order valence-corrected chi connectivity index (χ2v) is 11.2. The van der Waals surface area contributed by atoms with Gasteiger partial charge < -0.3 is 15.5 Å². The highest BCUT2D eigenvalue weighted by molar-refractivity contribution is 6.42. The number of nitriles is 1. The van der Waals surface area contributed by atoms with Crippen molar-refractivity contribution in [3.63, 3.8) is 0 Å². The molecule has 0 saturated carbocycles. The van der Waals surface area contributed by atoms with E-state index in [1.165, 1.54) is 10.6 Å². The van der Waals surface area contributed by atoms with Gasteiger partial charge in [-0.3, -0.25) is 14.4 Å². The van der Waals surface area contributed by atoms with Crippen LogP contribution in [0, 0.1) is 11.3 Å². The summed E-state index contributed by atoms with van der Waals surface area (Å²) in [6.07, 6.45) is 0.302. The van der Waals surface area contributed by atoms with Crippen LogP contribution in [0.2, 0.25) is 10.0 Å². The minimum Gasteiger partial charge on any atom is -0.355 e. The Hall–Kier alpha value is -4.65. The summed E-state index contributed by atoms with van der Waals surface area (Å²) in [4.78, 5) is 46.3. The number of amides is 2. The number of anilines is 1. The number of carbonyl (C=O) groups is 2. The van der Waals surface area contributed by atoms with Crippen LogP contribution in [0.1, 0.15) is 63.0 Å². The third-order valence-corrected chi connectivity index (χ3v) is 8.28. The standard InChI is InChI=1S/C32H28Cl2N6O3/c1-18-14-25-28(17-39(18)30(42)23-10-13-26(33)27(34)15-23)38-32(37-19(2)21-6-4-20(16-35)5-7-21)40(31(25)43)24-11-8-22(9-12-24)29(41)36-3/h4-13,15,18-19H,14,17H2,1-3H3,(H,36,41)(H,37,38)/t18-,19-/m1/s1. The van der Waals surface area contributed by atoms with Gasteiger partial charge in [-0.05, 0) is 80.4 Å². The Morgan fingerprint density at radius 2 is 1.70 bits per heavy atom. The van der Waals surface area contributed by atoms with Gasteiger partial charge in [-0.15, -0.1) is 0 Å². The number of benzene rings is 3. The maximum Gasteiger partial charge on any atom is 0.263 e. The van der Waals surface area contributed by atoms with Crippen LogP contribution in [0.25, 0.3) is 5.69 Å². The Kier molecular flexibility index (Phi) is 8.53. The summed E-state index contributed by atoms with van der Waals surface area (Å²) >= 11 is 12.2. The van der Waals surface area contributed by atoms with Crippen LogP contribution in [-0.2, 0) is 13.0 Å². The number of rotatable bonds is 6. The number of fused-ring (bicyclic) bond motifs is 1. The zero-order valence-electron chi connectivity index (χ0n) is 23.7. The summed E-state index contributed by atoms with van der Waals surface area (Å²) in [5, 5.41) is 15.8. The van der Waals surface area contributed by atoms with E-state index >= 15 is 0 Å². The molecular formula is C32H28Cl2N6O3. The van der Waals surface area contributed by atoms with Crippen molar-refractivity contribution in [2.75, 3.05) is 12.4 Å². The zero-order chi connectivity index (χ0) is 30.8. The van der Waals surface area contributed by atoms with Crippen molar-refractivity contribution < 1.29 is 9.59 Å². The molecule has 2 N–H and O–H groups in total. The van der Waals surface area contributed by atoms with Crippen molar-refractivity contribution in [1.29, 1.82) is 5.26 Å². The van der Waals surface area contributed by atoms with Gasteiger partial charge in [0.2, 0.25) is 5.95 Å². The molecule has 0 saturated heterocycles. The van der Waals surface area contributed by atoms with E-state index in [0.717, 1.165) is 5.56 Å². The molecule has 2 heterocycles. The fourth-order valence-electron chi connectivity index (χ4n) is 5.09. The van der Waals surface area contributed by atoms with Crippen molar-refractivity contribution in [2.45, 2.75) is 38.9 Å². The van der Waals surface area contributed by atoms with Crippen LogP contribution in [0.3, 0.4) is 0 Å². The zero-order valence-corrected chi connectivity index (χ0v) is 25.2. The lowest BCUT2D eigenvalue weighted by Gasteiger charge is -2.35. The number of nitrogens with zero attached hydrogens (tertiary/aromatic N) is 4. The highest BCUT2D eigenvalue weighted by atomic mass is 35.5. The number of hydrogen-bond acceptors (Lipinski definition) is 6. The number of aromatic nitrogens is 2. The molecule has 0 fully saturated rings. The van der Waals surface area contributed by atoms with Gasteiger partial charge in [0, 0.05) is 29.8 Å². The van der Waals surface area contributed by atoms with E-state index < -0.39 is 0 Å². The minimum atomic E-state index is -0.288. The molecule has 0 spiro atoms. The van der Waals surface area contributed by atoms with Crippen LogP contribution in [0.15, 0.2) is 71.5 Å². The highest BCUT2D eigenvalue weighted by Crippen LogP contribution is 2.28. The average Bonchev–Trinajstić information content (AvgIpc) is 3.02. The molecular weight excluding hydrogens is 587 g/mol. The lowest BCUT2D eigenvalue weighted by Crippen LogP contribution is -2.46. The monoisotopic (exact) mass is 614 g/mol. The molecule has 1 aliphatic rings. The van der Waals surface area contributed by atoms with Crippen molar-refractivity contribution in [1.82, 2.24) is 19.8 Å². The second kappa shape index (κ2) is 12.3. The fourth-order valence-corrected chi connectivity index (χ4v) is 5.39. The summed E-state index contributed by atoms with van der Waals surface area (Å²) < 4.78 is 1.50. The van der Waals surface area contributed by atoms with E-state index in [4.69, 9.17) is 28.2 Å². The number of halogens is 2. The molecule has 11 heteroatoms. The first-order valence-corrected chi connectivity index (χ1v) is 14.4. The maximum absolute atomic E-state index is 14.1. The van der Waals surface area contributed by atoms with Crippen LogP contribution in [0.4, 0.5) is 5.95 Å². The van der Waals surface area contributed by atoms with E-state index in [1.807, 2.05) is 26.0 Å². The molecule has 2 atom stereocenters. The third-order valence-electron chi connectivity index (χ3n) is 7.54. The molecule has 43 heavy (non-hydrogen) atoms. The molecule has 0 unspecified atom stereocenters. The minimum absolute atomic E-state index is 0.126. The molecule has 0 radical (unpaired) electrons. The molecule has 218 valence electrons. The average molecular weight is 616 g/mol. The summed E-state index contributed by atoms with van der Waals surface area (Å²) in [7, 11) is 1.55. The normalized spacial score (nSPS) is 14.8. The quantitative estimate of drug-likeness (QED) is 0.294. The summed E-state index contributed by atoms with van der Waals surface area (Å²) in [6, 6.07) is 20.1. The first-order chi connectivity index (χ1) is 20.6. The Morgan fingerprint density at radius 3 is 2.33 bits per heavy atom. The highest BCUT2D eigenvalue weighted by Gasteiger charge is 2.32. The van der Waals surface area contributed by atoms with Crippen LogP contribution >= 0.6 is 23.2 Å². The Morgan fingerprint density at radius 1 is 1.02 bits per heavy atom. The van der Waals surface area contributed by atoms with Gasteiger partial charge in [0.05, 0.1) is 45.6 Å². The Balaban J connectivity index is 1.57. The number of carbonyl (C=O) groups excluding carboxylic acids is 2. The van der Waals surface area contributed by atoms with Crippen LogP contribution in [-0.4, -0.2) is 39.4 Å².